The Labute approximate surface area is 127 Å². The maximum Gasteiger partial charge on any atom is 0.226 e. The van der Waals surface area contributed by atoms with Crippen molar-refractivity contribution in [1.82, 2.24) is 5.32 Å². The van der Waals surface area contributed by atoms with Gasteiger partial charge in [0.15, 0.2) is 0 Å². The van der Waals surface area contributed by atoms with Gasteiger partial charge in [-0.1, -0.05) is 6.92 Å². The first-order valence-corrected chi connectivity index (χ1v) is 9.70. The van der Waals surface area contributed by atoms with Crippen LogP contribution in [0.2, 0.25) is 0 Å². The predicted octanol–water partition coefficient (Wildman–Crippen LogP) is 1.39. The molecule has 4 saturated carbocycles. The Hall–Kier alpha value is -0.620. The van der Waals surface area contributed by atoms with Gasteiger partial charge in [-0.25, -0.2) is 13.6 Å². The molecule has 0 saturated heterocycles. The third-order valence-corrected chi connectivity index (χ3v) is 6.58. The molecule has 4 aliphatic rings. The van der Waals surface area contributed by atoms with Crippen molar-refractivity contribution in [2.75, 3.05) is 12.3 Å². The van der Waals surface area contributed by atoms with Crippen LogP contribution in [0.15, 0.2) is 0 Å². The van der Waals surface area contributed by atoms with Gasteiger partial charge in [-0.15, -0.1) is 0 Å². The summed E-state index contributed by atoms with van der Waals surface area (Å²) >= 11 is 0. The van der Waals surface area contributed by atoms with E-state index in [1.165, 1.54) is 19.3 Å². The lowest BCUT2D eigenvalue weighted by atomic mass is 9.44. The summed E-state index contributed by atoms with van der Waals surface area (Å²) in [6.45, 7) is 2.75. The summed E-state index contributed by atoms with van der Waals surface area (Å²) in [6.07, 6.45) is 7.32. The van der Waals surface area contributed by atoms with Crippen LogP contribution in [0.3, 0.4) is 0 Å². The molecule has 120 valence electrons. The lowest BCUT2D eigenvalue weighted by Gasteiger charge is -2.60. The normalized spacial score (nSPS) is 41.2. The average molecular weight is 314 g/mol. The molecule has 0 aromatic carbocycles. The minimum Gasteiger partial charge on any atom is -0.356 e. The number of amides is 1. The van der Waals surface area contributed by atoms with Crippen LogP contribution in [0.4, 0.5) is 0 Å². The fourth-order valence-electron chi connectivity index (χ4n) is 5.65. The number of sulfonamides is 1. The number of rotatable bonds is 5. The molecule has 6 heteroatoms. The Bertz CT molecular complexity index is 529. The van der Waals surface area contributed by atoms with Crippen molar-refractivity contribution < 1.29 is 13.2 Å². The molecule has 0 aromatic rings. The quantitative estimate of drug-likeness (QED) is 0.751. The van der Waals surface area contributed by atoms with E-state index in [2.05, 4.69) is 12.2 Å². The molecule has 0 aromatic heterocycles. The van der Waals surface area contributed by atoms with E-state index in [-0.39, 0.29) is 17.1 Å². The van der Waals surface area contributed by atoms with Crippen molar-refractivity contribution in [2.24, 2.45) is 27.8 Å². The fourth-order valence-corrected chi connectivity index (χ4v) is 6.20. The van der Waals surface area contributed by atoms with E-state index in [0.29, 0.717) is 30.2 Å². The molecule has 0 heterocycles. The highest BCUT2D eigenvalue weighted by Crippen LogP contribution is 2.65. The molecular formula is C15H26N2O3S. The molecule has 4 aliphatic carbocycles. The Kier molecular flexibility index (Phi) is 3.60. The molecule has 4 rings (SSSR count). The monoisotopic (exact) mass is 314 g/mol. The van der Waals surface area contributed by atoms with Crippen LogP contribution in [0, 0.1) is 22.7 Å². The molecule has 3 N–H and O–H groups in total. The zero-order valence-electron chi connectivity index (χ0n) is 12.7. The maximum absolute atomic E-state index is 12.7. The van der Waals surface area contributed by atoms with Crippen LogP contribution in [0.1, 0.15) is 51.9 Å². The van der Waals surface area contributed by atoms with Crippen molar-refractivity contribution >= 4 is 15.9 Å². The molecule has 21 heavy (non-hydrogen) atoms. The molecule has 4 bridgehead atoms. The molecule has 0 radical (unpaired) electrons. The molecular weight excluding hydrogens is 288 g/mol. The molecule has 4 fully saturated rings. The van der Waals surface area contributed by atoms with E-state index in [4.69, 9.17) is 5.14 Å². The van der Waals surface area contributed by atoms with Gasteiger partial charge in [0, 0.05) is 6.54 Å². The van der Waals surface area contributed by atoms with Gasteiger partial charge >= 0.3 is 0 Å². The van der Waals surface area contributed by atoms with E-state index in [1.807, 2.05) is 0 Å². The minimum absolute atomic E-state index is 0.0662. The van der Waals surface area contributed by atoms with Gasteiger partial charge in [0.2, 0.25) is 15.9 Å². The third kappa shape index (κ3) is 3.11. The van der Waals surface area contributed by atoms with Gasteiger partial charge in [0.1, 0.15) is 0 Å². The molecule has 0 spiro atoms. The number of primary sulfonamides is 1. The van der Waals surface area contributed by atoms with Crippen LogP contribution in [-0.2, 0) is 14.8 Å². The van der Waals surface area contributed by atoms with Gasteiger partial charge in [-0.05, 0) is 62.2 Å². The maximum atomic E-state index is 12.7. The highest BCUT2D eigenvalue weighted by Gasteiger charge is 2.58. The second-order valence-electron chi connectivity index (χ2n) is 8.03. The van der Waals surface area contributed by atoms with Gasteiger partial charge in [-0.2, -0.15) is 0 Å². The van der Waals surface area contributed by atoms with E-state index in [0.717, 1.165) is 19.3 Å². The summed E-state index contributed by atoms with van der Waals surface area (Å²) in [5, 5.41) is 7.95. The topological polar surface area (TPSA) is 89.3 Å². The predicted molar refractivity (Wildman–Crippen MR) is 80.8 cm³/mol. The first-order chi connectivity index (χ1) is 9.70. The molecule has 2 unspecified atom stereocenters. The van der Waals surface area contributed by atoms with Crippen molar-refractivity contribution in [3.05, 3.63) is 0 Å². The first kappa shape index (κ1) is 15.3. The number of carbonyl (C=O) groups excluding carboxylic acids is 1. The summed E-state index contributed by atoms with van der Waals surface area (Å²) in [7, 11) is -3.43. The molecule has 0 aliphatic heterocycles. The summed E-state index contributed by atoms with van der Waals surface area (Å²) in [6, 6.07) is 0. The number of hydrogen-bond donors (Lipinski definition) is 2. The molecule has 2 atom stereocenters. The molecule has 1 amide bonds. The number of hydrogen-bond acceptors (Lipinski definition) is 3. The van der Waals surface area contributed by atoms with Crippen molar-refractivity contribution in [3.63, 3.8) is 0 Å². The summed E-state index contributed by atoms with van der Waals surface area (Å²) in [5.41, 5.74) is 0.169. The van der Waals surface area contributed by atoms with Gasteiger partial charge in [0.05, 0.1) is 11.2 Å². The van der Waals surface area contributed by atoms with E-state index in [1.54, 1.807) is 0 Å². The minimum atomic E-state index is -3.43. The highest BCUT2D eigenvalue weighted by atomic mass is 32.2. The van der Waals surface area contributed by atoms with Crippen molar-refractivity contribution in [2.45, 2.75) is 51.9 Å². The summed E-state index contributed by atoms with van der Waals surface area (Å²) in [5.74, 6) is 1.51. The Morgan fingerprint density at radius 2 is 1.86 bits per heavy atom. The van der Waals surface area contributed by atoms with Gasteiger partial charge < -0.3 is 5.32 Å². The fraction of sp³-hybridized carbons (Fsp3) is 0.933. The van der Waals surface area contributed by atoms with E-state index >= 15 is 0 Å². The Morgan fingerprint density at radius 1 is 1.24 bits per heavy atom. The number of nitrogens with two attached hydrogens (primary N) is 1. The van der Waals surface area contributed by atoms with E-state index in [9.17, 15) is 13.2 Å². The zero-order chi connectivity index (χ0) is 15.3. The number of carbonyl (C=O) groups is 1. The first-order valence-electron chi connectivity index (χ1n) is 7.99. The van der Waals surface area contributed by atoms with Crippen LogP contribution < -0.4 is 10.5 Å². The second-order valence-corrected chi connectivity index (χ2v) is 9.76. The van der Waals surface area contributed by atoms with Crippen LogP contribution in [0.5, 0.6) is 0 Å². The standard InChI is InChI=1S/C15H26N2O3S/c1-14-6-11-5-12(7-14)9-15(8-11,10-14)13(18)17-3-2-4-21(16,19)20/h11-12H,2-10H2,1H3,(H,17,18)(H2,16,19,20). The van der Waals surface area contributed by atoms with Gasteiger partial charge in [0.25, 0.3) is 0 Å². The molecule has 5 nitrogen and oxygen atoms in total. The lowest BCUT2D eigenvalue weighted by Crippen LogP contribution is -2.56. The van der Waals surface area contributed by atoms with Crippen molar-refractivity contribution in [1.29, 1.82) is 0 Å². The van der Waals surface area contributed by atoms with Crippen LogP contribution >= 0.6 is 0 Å². The van der Waals surface area contributed by atoms with Crippen LogP contribution in [-0.4, -0.2) is 26.6 Å². The zero-order valence-corrected chi connectivity index (χ0v) is 13.5. The van der Waals surface area contributed by atoms with Gasteiger partial charge in [-0.3, -0.25) is 4.79 Å². The lowest BCUT2D eigenvalue weighted by molar-refractivity contribution is -0.155. The average Bonchev–Trinajstić information content (AvgIpc) is 2.30. The smallest absolute Gasteiger partial charge is 0.226 e. The second kappa shape index (κ2) is 4.95. The third-order valence-electron chi connectivity index (χ3n) is 5.73. The Morgan fingerprint density at radius 3 is 2.38 bits per heavy atom. The van der Waals surface area contributed by atoms with E-state index < -0.39 is 10.0 Å². The van der Waals surface area contributed by atoms with Crippen molar-refractivity contribution in [3.8, 4) is 0 Å². The largest absolute Gasteiger partial charge is 0.356 e. The highest BCUT2D eigenvalue weighted by molar-refractivity contribution is 7.89. The summed E-state index contributed by atoms with van der Waals surface area (Å²) < 4.78 is 21.8. The van der Waals surface area contributed by atoms with Crippen LogP contribution in [0.25, 0.3) is 0 Å². The number of nitrogens with one attached hydrogen (secondary N) is 1. The summed E-state index contributed by atoms with van der Waals surface area (Å²) in [4.78, 5) is 12.7. The Balaban J connectivity index is 1.60. The SMILES string of the molecule is CC12CC3CC(C1)CC(C(=O)NCCCS(N)(=O)=O)(C3)C2.